The summed E-state index contributed by atoms with van der Waals surface area (Å²) >= 11 is 3.81. The predicted molar refractivity (Wildman–Crippen MR) is 75.9 cm³/mol. The lowest BCUT2D eigenvalue weighted by Crippen LogP contribution is -2.16. The van der Waals surface area contributed by atoms with E-state index in [1.807, 2.05) is 29.6 Å². The van der Waals surface area contributed by atoms with Gasteiger partial charge in [0.1, 0.15) is 17.5 Å². The van der Waals surface area contributed by atoms with Gasteiger partial charge in [-0.2, -0.15) is 22.0 Å². The Labute approximate surface area is 119 Å². The fourth-order valence-corrected chi connectivity index (χ4v) is 4.64. The Morgan fingerprint density at radius 3 is 3.00 bits per heavy atom. The van der Waals surface area contributed by atoms with Gasteiger partial charge in [-0.3, -0.25) is 0 Å². The van der Waals surface area contributed by atoms with Crippen molar-refractivity contribution in [2.45, 2.75) is 17.4 Å². The standard InChI is InChI=1S/C12H12N4OS2/c1-7-10(19-5-4-18-7)11-15-12(17-16-11)9-3-2-8(6-13)14-9/h2-3,7,10,14H,4-5H2,1H3. The summed E-state index contributed by atoms with van der Waals surface area (Å²) in [4.78, 5) is 7.39. The second-order valence-electron chi connectivity index (χ2n) is 4.22. The van der Waals surface area contributed by atoms with Gasteiger partial charge in [0, 0.05) is 16.8 Å². The van der Waals surface area contributed by atoms with Crippen LogP contribution >= 0.6 is 23.5 Å². The van der Waals surface area contributed by atoms with E-state index in [1.165, 1.54) is 5.75 Å². The maximum Gasteiger partial charge on any atom is 0.274 e. The van der Waals surface area contributed by atoms with Crippen molar-refractivity contribution in [3.8, 4) is 17.7 Å². The van der Waals surface area contributed by atoms with Crippen molar-refractivity contribution in [2.75, 3.05) is 11.5 Å². The van der Waals surface area contributed by atoms with E-state index in [0.717, 1.165) is 11.6 Å². The normalized spacial score (nSPS) is 23.2. The van der Waals surface area contributed by atoms with Gasteiger partial charge in [-0.15, -0.1) is 11.8 Å². The summed E-state index contributed by atoms with van der Waals surface area (Å²) in [6, 6.07) is 5.52. The van der Waals surface area contributed by atoms with Crippen molar-refractivity contribution in [3.05, 3.63) is 23.7 Å². The molecule has 1 fully saturated rings. The first-order chi connectivity index (χ1) is 9.28. The molecule has 0 radical (unpaired) electrons. The molecule has 0 aliphatic carbocycles. The van der Waals surface area contributed by atoms with E-state index in [9.17, 15) is 0 Å². The first-order valence-corrected chi connectivity index (χ1v) is 8.04. The number of aromatic amines is 1. The van der Waals surface area contributed by atoms with E-state index < -0.39 is 0 Å². The molecule has 1 aliphatic rings. The molecule has 2 atom stereocenters. The molecule has 1 N–H and O–H groups in total. The van der Waals surface area contributed by atoms with Crippen LogP contribution in [0.25, 0.3) is 11.6 Å². The number of nitrogens with one attached hydrogen (secondary N) is 1. The Hall–Kier alpha value is -1.39. The minimum absolute atomic E-state index is 0.279. The Bertz CT molecular complexity index is 615. The molecule has 3 rings (SSSR count). The molecule has 0 bridgehead atoms. The Kier molecular flexibility index (Phi) is 3.53. The van der Waals surface area contributed by atoms with Crippen LogP contribution in [-0.4, -0.2) is 31.9 Å². The number of aromatic nitrogens is 3. The Morgan fingerprint density at radius 2 is 2.26 bits per heavy atom. The zero-order valence-corrected chi connectivity index (χ0v) is 11.9. The van der Waals surface area contributed by atoms with Crippen LogP contribution in [0.1, 0.15) is 23.7 Å². The molecule has 1 aliphatic heterocycles. The SMILES string of the molecule is CC1SCCSC1c1noc(-c2ccc(C#N)[nH]2)n1. The van der Waals surface area contributed by atoms with Gasteiger partial charge in [-0.25, -0.2) is 0 Å². The molecule has 2 unspecified atom stereocenters. The van der Waals surface area contributed by atoms with Crippen molar-refractivity contribution < 1.29 is 4.52 Å². The van der Waals surface area contributed by atoms with Crippen LogP contribution in [0, 0.1) is 11.3 Å². The molecule has 0 aromatic carbocycles. The highest BCUT2D eigenvalue weighted by atomic mass is 32.2. The van der Waals surface area contributed by atoms with Gasteiger partial charge < -0.3 is 9.51 Å². The number of hydrogen-bond donors (Lipinski definition) is 1. The zero-order valence-electron chi connectivity index (χ0n) is 10.3. The molecule has 0 spiro atoms. The maximum atomic E-state index is 8.79. The van der Waals surface area contributed by atoms with Gasteiger partial charge in [-0.05, 0) is 12.1 Å². The summed E-state index contributed by atoms with van der Waals surface area (Å²) < 4.78 is 5.29. The largest absolute Gasteiger partial charge is 0.342 e. The fourth-order valence-electron chi connectivity index (χ4n) is 1.96. The summed E-state index contributed by atoms with van der Waals surface area (Å²) in [7, 11) is 0. The molecule has 2 aromatic heterocycles. The first kappa shape index (κ1) is 12.6. The van der Waals surface area contributed by atoms with Gasteiger partial charge in [0.05, 0.1) is 5.25 Å². The van der Waals surface area contributed by atoms with Crippen LogP contribution in [0.15, 0.2) is 16.7 Å². The van der Waals surface area contributed by atoms with E-state index in [0.29, 0.717) is 22.5 Å². The molecule has 3 heterocycles. The quantitative estimate of drug-likeness (QED) is 0.917. The minimum atomic E-state index is 0.279. The fraction of sp³-hybridized carbons (Fsp3) is 0.417. The third-order valence-electron chi connectivity index (χ3n) is 2.92. The van der Waals surface area contributed by atoms with Crippen molar-refractivity contribution in [3.63, 3.8) is 0 Å². The van der Waals surface area contributed by atoms with Gasteiger partial charge in [0.15, 0.2) is 5.82 Å². The van der Waals surface area contributed by atoms with E-state index in [-0.39, 0.29) is 5.25 Å². The molecule has 98 valence electrons. The molecular weight excluding hydrogens is 280 g/mol. The summed E-state index contributed by atoms with van der Waals surface area (Å²) in [6.07, 6.45) is 0. The van der Waals surface area contributed by atoms with Crippen molar-refractivity contribution in [1.82, 2.24) is 15.1 Å². The highest BCUT2D eigenvalue weighted by Gasteiger charge is 2.28. The van der Waals surface area contributed by atoms with Crippen molar-refractivity contribution in [2.24, 2.45) is 0 Å². The molecule has 0 saturated carbocycles. The third-order valence-corrected chi connectivity index (χ3v) is 6.01. The second kappa shape index (κ2) is 5.31. The van der Waals surface area contributed by atoms with Crippen LogP contribution in [0.4, 0.5) is 0 Å². The lowest BCUT2D eigenvalue weighted by molar-refractivity contribution is 0.421. The molecule has 2 aromatic rings. The maximum absolute atomic E-state index is 8.79. The van der Waals surface area contributed by atoms with Gasteiger partial charge in [0.2, 0.25) is 0 Å². The van der Waals surface area contributed by atoms with Crippen LogP contribution in [0.3, 0.4) is 0 Å². The van der Waals surface area contributed by atoms with Crippen LogP contribution < -0.4 is 0 Å². The van der Waals surface area contributed by atoms with E-state index in [4.69, 9.17) is 9.78 Å². The molecule has 1 saturated heterocycles. The van der Waals surface area contributed by atoms with Gasteiger partial charge in [-0.1, -0.05) is 12.1 Å². The molecule has 19 heavy (non-hydrogen) atoms. The van der Waals surface area contributed by atoms with Crippen LogP contribution in [0.5, 0.6) is 0 Å². The van der Waals surface area contributed by atoms with Crippen molar-refractivity contribution >= 4 is 23.5 Å². The number of rotatable bonds is 2. The third kappa shape index (κ3) is 2.51. The number of hydrogen-bond acceptors (Lipinski definition) is 6. The monoisotopic (exact) mass is 292 g/mol. The number of H-pyrrole nitrogens is 1. The minimum Gasteiger partial charge on any atom is -0.342 e. The van der Waals surface area contributed by atoms with E-state index >= 15 is 0 Å². The molecular formula is C12H12N4OS2. The molecule has 7 heteroatoms. The topological polar surface area (TPSA) is 78.5 Å². The number of nitriles is 1. The van der Waals surface area contributed by atoms with Gasteiger partial charge >= 0.3 is 0 Å². The average molecular weight is 292 g/mol. The van der Waals surface area contributed by atoms with Crippen LogP contribution in [0.2, 0.25) is 0 Å². The summed E-state index contributed by atoms with van der Waals surface area (Å²) in [6.45, 7) is 2.19. The zero-order chi connectivity index (χ0) is 13.2. The Morgan fingerprint density at radius 1 is 1.42 bits per heavy atom. The average Bonchev–Trinajstić information content (AvgIpc) is 3.08. The molecule has 0 amide bonds. The summed E-state index contributed by atoms with van der Waals surface area (Å²) in [5.41, 5.74) is 1.18. The lowest BCUT2D eigenvalue weighted by atomic mass is 10.3. The second-order valence-corrected chi connectivity index (χ2v) is 6.96. The number of thioether (sulfide) groups is 2. The highest BCUT2D eigenvalue weighted by molar-refractivity contribution is 8.06. The number of nitrogens with zero attached hydrogens (tertiary/aromatic N) is 3. The smallest absolute Gasteiger partial charge is 0.274 e. The lowest BCUT2D eigenvalue weighted by Gasteiger charge is -2.24. The predicted octanol–water partition coefficient (Wildman–Crippen LogP) is 2.85. The summed E-state index contributed by atoms with van der Waals surface area (Å²) in [5, 5.41) is 13.6. The summed E-state index contributed by atoms with van der Waals surface area (Å²) in [5.74, 6) is 3.48. The Balaban J connectivity index is 1.84. The van der Waals surface area contributed by atoms with Crippen molar-refractivity contribution in [1.29, 1.82) is 5.26 Å². The molecule has 5 nitrogen and oxygen atoms in total. The first-order valence-electron chi connectivity index (χ1n) is 5.94. The van der Waals surface area contributed by atoms with Crippen LogP contribution in [-0.2, 0) is 0 Å². The highest BCUT2D eigenvalue weighted by Crippen LogP contribution is 2.41. The van der Waals surface area contributed by atoms with E-state index in [1.54, 1.807) is 12.1 Å². The van der Waals surface area contributed by atoms with E-state index in [2.05, 4.69) is 22.0 Å². The van der Waals surface area contributed by atoms with Gasteiger partial charge in [0.25, 0.3) is 5.89 Å².